The van der Waals surface area contributed by atoms with E-state index in [1.807, 2.05) is 41.5 Å². The summed E-state index contributed by atoms with van der Waals surface area (Å²) in [6.07, 6.45) is 3.74. The summed E-state index contributed by atoms with van der Waals surface area (Å²) >= 11 is 0. The van der Waals surface area contributed by atoms with Crippen molar-refractivity contribution in [3.63, 3.8) is 0 Å². The lowest BCUT2D eigenvalue weighted by molar-refractivity contribution is -0.116. The Balaban J connectivity index is 5.30. The Morgan fingerprint density at radius 1 is 0.955 bits per heavy atom. The van der Waals surface area contributed by atoms with Crippen molar-refractivity contribution in [2.75, 3.05) is 11.5 Å². The first-order valence-corrected chi connectivity index (χ1v) is 11.8. The van der Waals surface area contributed by atoms with Crippen LogP contribution in [0.5, 0.6) is 0 Å². The summed E-state index contributed by atoms with van der Waals surface area (Å²) in [5, 5.41) is 0.0731. The number of carbonyl (C=O) groups is 1. The third-order valence-electron chi connectivity index (χ3n) is 3.77. The standard InChI is InChI=1S/C16H34O4S2/c1-7-9-11-16(17)13-21(14(3)4,15(5)6)20-22(18,19)12-10-8-2/h14-15H,7-13H2,1-6H3. The number of hydrogen-bond donors (Lipinski definition) is 0. The van der Waals surface area contributed by atoms with Crippen LogP contribution in [0.4, 0.5) is 0 Å². The minimum Gasteiger partial charge on any atom is -0.299 e. The molecule has 0 aliphatic carbocycles. The molecule has 0 N–H and O–H groups in total. The van der Waals surface area contributed by atoms with E-state index in [1.54, 1.807) is 0 Å². The fourth-order valence-corrected chi connectivity index (χ4v) is 8.62. The lowest BCUT2D eigenvalue weighted by atomic mass is 10.2. The SMILES string of the molecule is CCCCC(=O)CS(OS(=O)(=O)CCCC)(C(C)C)C(C)C. The number of unbranched alkanes of at least 4 members (excludes halogenated alkanes) is 2. The molecule has 0 aromatic heterocycles. The molecule has 134 valence electrons. The quantitative estimate of drug-likeness (QED) is 0.520. The van der Waals surface area contributed by atoms with E-state index in [0.717, 1.165) is 19.3 Å². The molecule has 0 saturated heterocycles. The summed E-state index contributed by atoms with van der Waals surface area (Å²) in [5.41, 5.74) is 0. The van der Waals surface area contributed by atoms with Gasteiger partial charge in [-0.3, -0.25) is 4.79 Å². The van der Waals surface area contributed by atoms with E-state index in [0.29, 0.717) is 12.8 Å². The highest BCUT2D eigenvalue weighted by Crippen LogP contribution is 2.59. The number of rotatable bonds is 12. The Labute approximate surface area is 139 Å². The van der Waals surface area contributed by atoms with Gasteiger partial charge in [-0.2, -0.15) is 8.42 Å². The molecule has 0 saturated carbocycles. The summed E-state index contributed by atoms with van der Waals surface area (Å²) in [7, 11) is -5.56. The number of hydrogen-bond acceptors (Lipinski definition) is 4. The smallest absolute Gasteiger partial charge is 0.276 e. The first kappa shape index (κ1) is 21.9. The van der Waals surface area contributed by atoms with Crippen LogP contribution in [-0.4, -0.2) is 36.2 Å². The van der Waals surface area contributed by atoms with Crippen LogP contribution in [-0.2, 0) is 18.5 Å². The third-order valence-corrected chi connectivity index (χ3v) is 10.4. The van der Waals surface area contributed by atoms with Crippen molar-refractivity contribution in [2.45, 2.75) is 84.1 Å². The molecule has 4 nitrogen and oxygen atoms in total. The van der Waals surface area contributed by atoms with Crippen molar-refractivity contribution in [1.82, 2.24) is 0 Å². The predicted octanol–water partition coefficient (Wildman–Crippen LogP) is 4.43. The highest BCUT2D eigenvalue weighted by atomic mass is 32.3. The van der Waals surface area contributed by atoms with E-state index in [4.69, 9.17) is 3.63 Å². The van der Waals surface area contributed by atoms with E-state index in [-0.39, 0.29) is 27.8 Å². The summed E-state index contributed by atoms with van der Waals surface area (Å²) in [4.78, 5) is 12.3. The van der Waals surface area contributed by atoms with Crippen molar-refractivity contribution in [2.24, 2.45) is 0 Å². The molecule has 0 aromatic carbocycles. The Morgan fingerprint density at radius 3 is 1.86 bits per heavy atom. The Kier molecular flexibility index (Phi) is 9.90. The molecule has 0 aliphatic heterocycles. The monoisotopic (exact) mass is 354 g/mol. The minimum absolute atomic E-state index is 0.0366. The zero-order chi connectivity index (χ0) is 17.4. The van der Waals surface area contributed by atoms with Gasteiger partial charge in [0.2, 0.25) is 0 Å². The Morgan fingerprint density at radius 2 is 1.45 bits per heavy atom. The normalized spacial score (nSPS) is 13.8. The van der Waals surface area contributed by atoms with E-state index in [9.17, 15) is 13.2 Å². The Hall–Kier alpha value is -0.0700. The summed E-state index contributed by atoms with van der Waals surface area (Å²) in [5.74, 6) is 0.430. The van der Waals surface area contributed by atoms with Gasteiger partial charge >= 0.3 is 0 Å². The first-order chi connectivity index (χ1) is 10.1. The average Bonchev–Trinajstić information content (AvgIpc) is 2.41. The van der Waals surface area contributed by atoms with Crippen molar-refractivity contribution >= 4 is 26.2 Å². The fraction of sp³-hybridized carbons (Fsp3) is 0.938. The van der Waals surface area contributed by atoms with Crippen LogP contribution in [0.3, 0.4) is 0 Å². The highest BCUT2D eigenvalue weighted by molar-refractivity contribution is 8.34. The molecule has 22 heavy (non-hydrogen) atoms. The zero-order valence-corrected chi connectivity index (χ0v) is 16.7. The van der Waals surface area contributed by atoms with Crippen molar-refractivity contribution in [1.29, 1.82) is 0 Å². The van der Waals surface area contributed by atoms with Crippen LogP contribution >= 0.6 is 10.3 Å². The maximum absolute atomic E-state index is 12.3. The van der Waals surface area contributed by atoms with E-state index < -0.39 is 20.4 Å². The van der Waals surface area contributed by atoms with Crippen LogP contribution in [0.25, 0.3) is 0 Å². The molecule has 0 fully saturated rings. The molecule has 0 unspecified atom stereocenters. The topological polar surface area (TPSA) is 60.4 Å². The van der Waals surface area contributed by atoms with Gasteiger partial charge in [-0.05, 0) is 12.8 Å². The number of Topliss-reactive ketones (excluding diaryl/α,β-unsaturated/α-hetero) is 1. The summed E-state index contributed by atoms with van der Waals surface area (Å²) < 4.78 is 30.3. The van der Waals surface area contributed by atoms with Crippen molar-refractivity contribution in [3.8, 4) is 0 Å². The summed E-state index contributed by atoms with van der Waals surface area (Å²) in [6, 6.07) is 0. The van der Waals surface area contributed by atoms with E-state index >= 15 is 0 Å². The van der Waals surface area contributed by atoms with Gasteiger partial charge in [0.1, 0.15) is 5.78 Å². The van der Waals surface area contributed by atoms with Crippen LogP contribution in [0.2, 0.25) is 0 Å². The van der Waals surface area contributed by atoms with Crippen molar-refractivity contribution in [3.05, 3.63) is 0 Å². The predicted molar refractivity (Wildman–Crippen MR) is 97.0 cm³/mol. The molecule has 0 amide bonds. The molecule has 0 atom stereocenters. The van der Waals surface area contributed by atoms with Gasteiger partial charge in [0.05, 0.1) is 11.5 Å². The third kappa shape index (κ3) is 7.01. The van der Waals surface area contributed by atoms with Gasteiger partial charge in [-0.25, -0.2) is 3.63 Å². The maximum Gasteiger partial charge on any atom is 0.276 e. The van der Waals surface area contributed by atoms with Gasteiger partial charge in [0.15, 0.2) is 0 Å². The lowest BCUT2D eigenvalue weighted by Gasteiger charge is -2.45. The molecule has 0 rings (SSSR count). The molecule has 6 heteroatoms. The maximum atomic E-state index is 12.3. The highest BCUT2D eigenvalue weighted by Gasteiger charge is 2.39. The molecule has 0 radical (unpaired) electrons. The molecule has 0 spiro atoms. The van der Waals surface area contributed by atoms with Gasteiger partial charge in [0, 0.05) is 16.9 Å². The first-order valence-electron chi connectivity index (χ1n) is 8.35. The second-order valence-corrected chi connectivity index (χ2v) is 12.1. The van der Waals surface area contributed by atoms with Crippen LogP contribution in [0, 0.1) is 0 Å². The zero-order valence-electron chi connectivity index (χ0n) is 15.1. The molecule has 0 heterocycles. The average molecular weight is 355 g/mol. The van der Waals surface area contributed by atoms with E-state index in [2.05, 4.69) is 0 Å². The van der Waals surface area contributed by atoms with Gasteiger partial charge < -0.3 is 0 Å². The summed E-state index contributed by atoms with van der Waals surface area (Å²) in [6.45, 7) is 11.9. The number of carbonyl (C=O) groups excluding carboxylic acids is 1. The molecule has 0 aromatic rings. The minimum atomic E-state index is -3.57. The van der Waals surface area contributed by atoms with Crippen molar-refractivity contribution < 1.29 is 16.8 Å². The van der Waals surface area contributed by atoms with Gasteiger partial charge in [-0.1, -0.05) is 54.4 Å². The van der Waals surface area contributed by atoms with Gasteiger partial charge in [-0.15, -0.1) is 10.3 Å². The second-order valence-electron chi connectivity index (χ2n) is 6.35. The van der Waals surface area contributed by atoms with Gasteiger partial charge in [0.25, 0.3) is 10.1 Å². The lowest BCUT2D eigenvalue weighted by Crippen LogP contribution is -2.32. The second kappa shape index (κ2) is 9.93. The van der Waals surface area contributed by atoms with Crippen LogP contribution < -0.4 is 0 Å². The van der Waals surface area contributed by atoms with Crippen LogP contribution in [0.1, 0.15) is 73.6 Å². The molecular formula is C16H34O4S2. The fourth-order valence-electron chi connectivity index (χ4n) is 2.30. The number of ketones is 1. The Bertz CT molecular complexity index is 419. The van der Waals surface area contributed by atoms with E-state index in [1.165, 1.54) is 0 Å². The molecular weight excluding hydrogens is 320 g/mol. The van der Waals surface area contributed by atoms with Crippen LogP contribution in [0.15, 0.2) is 0 Å². The molecule has 0 aliphatic rings. The molecule has 0 bridgehead atoms. The largest absolute Gasteiger partial charge is 0.299 e.